The van der Waals surface area contributed by atoms with Gasteiger partial charge in [0.2, 0.25) is 0 Å². The Hall–Kier alpha value is -0.870. The Morgan fingerprint density at radius 2 is 1.50 bits per heavy atom. The molecule has 20 heavy (non-hydrogen) atoms. The molecule has 0 amide bonds. The van der Waals surface area contributed by atoms with E-state index in [1.807, 2.05) is 26.0 Å². The summed E-state index contributed by atoms with van der Waals surface area (Å²) in [4.78, 5) is 0.401. The van der Waals surface area contributed by atoms with Gasteiger partial charge in [0, 0.05) is 0 Å². The van der Waals surface area contributed by atoms with Gasteiger partial charge in [-0.1, -0.05) is 46.8 Å². The summed E-state index contributed by atoms with van der Waals surface area (Å²) in [5.74, 6) is 0.145. The standard InChI is InChI=1S/C16H27NO2S/c1-15(2,3)13-6-8-14(9-7-13)20(18,19)11-10-16(4,5)12-17/h6-9H,10-12,17H2,1-5H3. The lowest BCUT2D eigenvalue weighted by molar-refractivity contribution is 0.365. The van der Waals surface area contributed by atoms with Crippen LogP contribution in [0.1, 0.15) is 46.6 Å². The van der Waals surface area contributed by atoms with Crippen molar-refractivity contribution in [1.29, 1.82) is 0 Å². The Kier molecular flexibility index (Phi) is 5.03. The van der Waals surface area contributed by atoms with Crippen LogP contribution in [0.4, 0.5) is 0 Å². The molecule has 0 saturated carbocycles. The van der Waals surface area contributed by atoms with Gasteiger partial charge in [0.15, 0.2) is 9.84 Å². The Morgan fingerprint density at radius 1 is 1.00 bits per heavy atom. The van der Waals surface area contributed by atoms with Crippen LogP contribution in [0.25, 0.3) is 0 Å². The van der Waals surface area contributed by atoms with Gasteiger partial charge in [-0.3, -0.25) is 0 Å². The second-order valence-electron chi connectivity index (χ2n) is 7.21. The van der Waals surface area contributed by atoms with Crippen molar-refractivity contribution in [2.75, 3.05) is 12.3 Å². The zero-order valence-electron chi connectivity index (χ0n) is 13.2. The summed E-state index contributed by atoms with van der Waals surface area (Å²) in [5, 5.41) is 0. The van der Waals surface area contributed by atoms with Gasteiger partial charge in [-0.25, -0.2) is 8.42 Å². The normalized spacial score (nSPS) is 13.5. The number of nitrogens with two attached hydrogens (primary N) is 1. The topological polar surface area (TPSA) is 60.2 Å². The van der Waals surface area contributed by atoms with Gasteiger partial charge < -0.3 is 5.73 Å². The van der Waals surface area contributed by atoms with E-state index in [1.54, 1.807) is 12.1 Å². The molecule has 0 fully saturated rings. The fourth-order valence-electron chi connectivity index (χ4n) is 1.79. The van der Waals surface area contributed by atoms with Crippen LogP contribution in [0.3, 0.4) is 0 Å². The first kappa shape index (κ1) is 17.2. The average Bonchev–Trinajstić information content (AvgIpc) is 2.36. The van der Waals surface area contributed by atoms with E-state index < -0.39 is 9.84 Å². The fraction of sp³-hybridized carbons (Fsp3) is 0.625. The second-order valence-corrected chi connectivity index (χ2v) is 9.32. The Morgan fingerprint density at radius 3 is 1.90 bits per heavy atom. The second kappa shape index (κ2) is 5.86. The van der Waals surface area contributed by atoms with E-state index in [2.05, 4.69) is 20.8 Å². The summed E-state index contributed by atoms with van der Waals surface area (Å²) in [5.41, 5.74) is 6.68. The van der Waals surface area contributed by atoms with E-state index in [-0.39, 0.29) is 16.6 Å². The predicted octanol–water partition coefficient (Wildman–Crippen LogP) is 3.13. The van der Waals surface area contributed by atoms with E-state index in [1.165, 1.54) is 0 Å². The van der Waals surface area contributed by atoms with E-state index in [0.717, 1.165) is 5.56 Å². The third kappa shape index (κ3) is 4.60. The van der Waals surface area contributed by atoms with Crippen molar-refractivity contribution < 1.29 is 8.42 Å². The number of sulfone groups is 1. The molecule has 0 unspecified atom stereocenters. The highest BCUT2D eigenvalue weighted by Gasteiger charge is 2.22. The highest BCUT2D eigenvalue weighted by molar-refractivity contribution is 7.91. The molecule has 0 atom stereocenters. The zero-order chi connectivity index (χ0) is 15.6. The van der Waals surface area contributed by atoms with Crippen molar-refractivity contribution in [1.82, 2.24) is 0 Å². The van der Waals surface area contributed by atoms with Crippen LogP contribution < -0.4 is 5.73 Å². The number of hydrogen-bond acceptors (Lipinski definition) is 3. The van der Waals surface area contributed by atoms with E-state index in [4.69, 9.17) is 5.73 Å². The van der Waals surface area contributed by atoms with Gasteiger partial charge in [-0.2, -0.15) is 0 Å². The molecule has 0 spiro atoms. The molecule has 0 saturated heterocycles. The molecule has 4 heteroatoms. The van der Waals surface area contributed by atoms with Crippen molar-refractivity contribution >= 4 is 9.84 Å². The summed E-state index contributed by atoms with van der Waals surface area (Å²) in [6.07, 6.45) is 0.576. The van der Waals surface area contributed by atoms with Gasteiger partial charge in [0.25, 0.3) is 0 Å². The highest BCUT2D eigenvalue weighted by Crippen LogP contribution is 2.25. The summed E-state index contributed by atoms with van der Waals surface area (Å²) in [7, 11) is -3.22. The maximum absolute atomic E-state index is 12.3. The molecule has 0 aliphatic heterocycles. The first-order valence-electron chi connectivity index (χ1n) is 7.01. The Bertz CT molecular complexity index is 537. The molecule has 0 heterocycles. The lowest BCUT2D eigenvalue weighted by Crippen LogP contribution is -2.26. The van der Waals surface area contributed by atoms with Crippen molar-refractivity contribution in [3.63, 3.8) is 0 Å². The quantitative estimate of drug-likeness (QED) is 0.908. The van der Waals surface area contributed by atoms with E-state index >= 15 is 0 Å². The first-order chi connectivity index (χ1) is 8.98. The van der Waals surface area contributed by atoms with Gasteiger partial charge in [-0.05, 0) is 41.5 Å². The predicted molar refractivity (Wildman–Crippen MR) is 84.6 cm³/mol. The largest absolute Gasteiger partial charge is 0.330 e. The van der Waals surface area contributed by atoms with E-state index in [9.17, 15) is 8.42 Å². The summed E-state index contributed by atoms with van der Waals surface area (Å²) >= 11 is 0. The molecule has 0 radical (unpaired) electrons. The third-order valence-corrected chi connectivity index (χ3v) is 5.41. The maximum Gasteiger partial charge on any atom is 0.178 e. The molecule has 0 aliphatic carbocycles. The van der Waals surface area contributed by atoms with Gasteiger partial charge in [0.05, 0.1) is 10.6 Å². The van der Waals surface area contributed by atoms with Crippen LogP contribution in [-0.2, 0) is 15.3 Å². The maximum atomic E-state index is 12.3. The Balaban J connectivity index is 2.89. The van der Waals surface area contributed by atoms with Crippen LogP contribution >= 0.6 is 0 Å². The van der Waals surface area contributed by atoms with Crippen molar-refractivity contribution in [3.05, 3.63) is 29.8 Å². The number of hydrogen-bond donors (Lipinski definition) is 1. The molecule has 2 N–H and O–H groups in total. The minimum Gasteiger partial charge on any atom is -0.330 e. The summed E-state index contributed by atoms with van der Waals surface area (Å²) in [6.45, 7) is 10.8. The monoisotopic (exact) mass is 297 g/mol. The molecule has 1 aromatic rings. The van der Waals surface area contributed by atoms with E-state index in [0.29, 0.717) is 17.9 Å². The van der Waals surface area contributed by atoms with Crippen LogP contribution in [-0.4, -0.2) is 20.7 Å². The minimum absolute atomic E-state index is 0.0316. The summed E-state index contributed by atoms with van der Waals surface area (Å²) in [6, 6.07) is 7.23. The molecule has 114 valence electrons. The Labute approximate surface area is 123 Å². The molecular weight excluding hydrogens is 270 g/mol. The number of benzene rings is 1. The lowest BCUT2D eigenvalue weighted by Gasteiger charge is -2.22. The lowest BCUT2D eigenvalue weighted by atomic mass is 9.87. The van der Waals surface area contributed by atoms with Gasteiger partial charge in [0.1, 0.15) is 0 Å². The zero-order valence-corrected chi connectivity index (χ0v) is 14.0. The molecule has 0 aromatic heterocycles. The SMILES string of the molecule is CC(C)(CN)CCS(=O)(=O)c1ccc(C(C)(C)C)cc1. The minimum atomic E-state index is -3.22. The van der Waals surface area contributed by atoms with Crippen LogP contribution in [0, 0.1) is 5.41 Å². The smallest absolute Gasteiger partial charge is 0.178 e. The highest BCUT2D eigenvalue weighted by atomic mass is 32.2. The molecule has 1 aromatic carbocycles. The number of rotatable bonds is 5. The molecular formula is C16H27NO2S. The molecule has 0 bridgehead atoms. The van der Waals surface area contributed by atoms with Gasteiger partial charge in [-0.15, -0.1) is 0 Å². The average molecular weight is 297 g/mol. The molecule has 1 rings (SSSR count). The van der Waals surface area contributed by atoms with Gasteiger partial charge >= 0.3 is 0 Å². The van der Waals surface area contributed by atoms with Crippen LogP contribution in [0.15, 0.2) is 29.2 Å². The fourth-order valence-corrected chi connectivity index (χ4v) is 3.40. The van der Waals surface area contributed by atoms with Crippen molar-refractivity contribution in [2.45, 2.75) is 51.3 Å². The molecule has 0 aliphatic rings. The van der Waals surface area contributed by atoms with Crippen molar-refractivity contribution in [2.24, 2.45) is 11.1 Å². The third-order valence-electron chi connectivity index (χ3n) is 3.68. The molecule has 3 nitrogen and oxygen atoms in total. The van der Waals surface area contributed by atoms with Crippen LogP contribution in [0.5, 0.6) is 0 Å². The summed E-state index contributed by atoms with van der Waals surface area (Å²) < 4.78 is 24.6. The van der Waals surface area contributed by atoms with Crippen LogP contribution in [0.2, 0.25) is 0 Å². The first-order valence-corrected chi connectivity index (χ1v) is 8.67. The van der Waals surface area contributed by atoms with Crippen molar-refractivity contribution in [3.8, 4) is 0 Å².